The predicted molar refractivity (Wildman–Crippen MR) is 51.5 cm³/mol. The molecule has 0 amide bonds. The topological polar surface area (TPSA) is 70.2 Å². The standard InChI is InChI=1S/C10H6FNO3/c11-7-2-1-6(10(14)15)8-5(7)3-4-12-9(8)13/h1-4H,(H,12,13)(H,14,15). The van der Waals surface area contributed by atoms with Crippen LogP contribution in [0.2, 0.25) is 0 Å². The second-order valence-electron chi connectivity index (χ2n) is 3.00. The smallest absolute Gasteiger partial charge is 0.336 e. The van der Waals surface area contributed by atoms with E-state index in [0.717, 1.165) is 12.1 Å². The summed E-state index contributed by atoms with van der Waals surface area (Å²) in [6, 6.07) is 3.44. The van der Waals surface area contributed by atoms with Gasteiger partial charge in [-0.15, -0.1) is 0 Å². The van der Waals surface area contributed by atoms with Gasteiger partial charge in [0, 0.05) is 11.6 Å². The number of carboxylic acid groups (broad SMARTS) is 1. The summed E-state index contributed by atoms with van der Waals surface area (Å²) in [6.45, 7) is 0. The number of aromatic carboxylic acids is 1. The Hall–Kier alpha value is -2.17. The molecule has 0 unspecified atom stereocenters. The number of hydrogen-bond acceptors (Lipinski definition) is 2. The van der Waals surface area contributed by atoms with E-state index < -0.39 is 17.3 Å². The Morgan fingerprint density at radius 1 is 1.33 bits per heavy atom. The zero-order chi connectivity index (χ0) is 11.0. The third-order valence-electron chi connectivity index (χ3n) is 2.11. The molecule has 1 heterocycles. The van der Waals surface area contributed by atoms with Crippen molar-refractivity contribution in [1.82, 2.24) is 4.98 Å². The molecule has 0 saturated heterocycles. The van der Waals surface area contributed by atoms with Gasteiger partial charge < -0.3 is 10.1 Å². The van der Waals surface area contributed by atoms with Gasteiger partial charge in [-0.05, 0) is 18.2 Å². The van der Waals surface area contributed by atoms with Gasteiger partial charge in [-0.3, -0.25) is 4.79 Å². The van der Waals surface area contributed by atoms with Crippen LogP contribution < -0.4 is 5.56 Å². The minimum atomic E-state index is -1.25. The van der Waals surface area contributed by atoms with E-state index in [1.165, 1.54) is 12.3 Å². The molecule has 5 heteroatoms. The van der Waals surface area contributed by atoms with Crippen molar-refractivity contribution in [2.45, 2.75) is 0 Å². The van der Waals surface area contributed by atoms with Crippen molar-refractivity contribution in [1.29, 1.82) is 0 Å². The van der Waals surface area contributed by atoms with E-state index in [1.807, 2.05) is 0 Å². The highest BCUT2D eigenvalue weighted by atomic mass is 19.1. The molecule has 0 atom stereocenters. The van der Waals surface area contributed by atoms with Crippen LogP contribution >= 0.6 is 0 Å². The minimum Gasteiger partial charge on any atom is -0.478 e. The van der Waals surface area contributed by atoms with Crippen LogP contribution in [-0.2, 0) is 0 Å². The number of nitrogens with one attached hydrogen (secondary N) is 1. The molecule has 1 aromatic heterocycles. The summed E-state index contributed by atoms with van der Waals surface area (Å²) < 4.78 is 13.3. The Balaban J connectivity index is 3.03. The Bertz CT molecular complexity index is 603. The van der Waals surface area contributed by atoms with E-state index in [1.54, 1.807) is 0 Å². The summed E-state index contributed by atoms with van der Waals surface area (Å²) in [5, 5.41) is 8.70. The van der Waals surface area contributed by atoms with Crippen molar-refractivity contribution in [2.24, 2.45) is 0 Å². The van der Waals surface area contributed by atoms with Gasteiger partial charge in [0.1, 0.15) is 5.82 Å². The van der Waals surface area contributed by atoms with Crippen LogP contribution in [0.5, 0.6) is 0 Å². The van der Waals surface area contributed by atoms with Crippen LogP contribution in [-0.4, -0.2) is 16.1 Å². The van der Waals surface area contributed by atoms with Crippen LogP contribution in [0.3, 0.4) is 0 Å². The lowest BCUT2D eigenvalue weighted by atomic mass is 10.1. The van der Waals surface area contributed by atoms with E-state index in [-0.39, 0.29) is 16.3 Å². The SMILES string of the molecule is O=C(O)c1ccc(F)c2cc[nH]c(=O)c12. The van der Waals surface area contributed by atoms with Gasteiger partial charge in [-0.1, -0.05) is 0 Å². The Morgan fingerprint density at radius 3 is 2.73 bits per heavy atom. The molecule has 1 aromatic carbocycles. The number of aromatic nitrogens is 1. The van der Waals surface area contributed by atoms with Crippen molar-refractivity contribution in [3.05, 3.63) is 46.1 Å². The Labute approximate surface area is 83.0 Å². The van der Waals surface area contributed by atoms with Gasteiger partial charge in [0.15, 0.2) is 0 Å². The second-order valence-corrected chi connectivity index (χ2v) is 3.00. The van der Waals surface area contributed by atoms with Crippen molar-refractivity contribution >= 4 is 16.7 Å². The molecular formula is C10H6FNO3. The summed E-state index contributed by atoms with van der Waals surface area (Å²) in [5.41, 5.74) is -0.808. The fraction of sp³-hybridized carbons (Fsp3) is 0. The third kappa shape index (κ3) is 1.38. The van der Waals surface area contributed by atoms with Gasteiger partial charge in [-0.2, -0.15) is 0 Å². The largest absolute Gasteiger partial charge is 0.478 e. The maximum atomic E-state index is 13.3. The van der Waals surface area contributed by atoms with E-state index in [0.29, 0.717) is 0 Å². The van der Waals surface area contributed by atoms with Crippen molar-refractivity contribution in [3.8, 4) is 0 Å². The van der Waals surface area contributed by atoms with Crippen LogP contribution in [0.25, 0.3) is 10.8 Å². The first-order valence-electron chi connectivity index (χ1n) is 4.14. The first-order chi connectivity index (χ1) is 7.11. The molecule has 76 valence electrons. The normalized spacial score (nSPS) is 10.5. The zero-order valence-electron chi connectivity index (χ0n) is 7.45. The van der Waals surface area contributed by atoms with E-state index in [9.17, 15) is 14.0 Å². The summed E-state index contributed by atoms with van der Waals surface area (Å²) in [4.78, 5) is 24.5. The van der Waals surface area contributed by atoms with Gasteiger partial charge in [0.2, 0.25) is 0 Å². The highest BCUT2D eigenvalue weighted by molar-refractivity contribution is 6.03. The quantitative estimate of drug-likeness (QED) is 0.741. The van der Waals surface area contributed by atoms with E-state index >= 15 is 0 Å². The van der Waals surface area contributed by atoms with E-state index in [4.69, 9.17) is 5.11 Å². The van der Waals surface area contributed by atoms with Crippen molar-refractivity contribution in [2.75, 3.05) is 0 Å². The number of rotatable bonds is 1. The number of carboxylic acids is 1. The summed E-state index contributed by atoms with van der Waals surface area (Å²) in [5.74, 6) is -1.86. The Kier molecular flexibility index (Phi) is 2.00. The van der Waals surface area contributed by atoms with Crippen LogP contribution in [0, 0.1) is 5.82 Å². The van der Waals surface area contributed by atoms with Gasteiger partial charge >= 0.3 is 5.97 Å². The lowest BCUT2D eigenvalue weighted by Crippen LogP contribution is -2.11. The molecular weight excluding hydrogens is 201 g/mol. The van der Waals surface area contributed by atoms with Crippen LogP contribution in [0.1, 0.15) is 10.4 Å². The van der Waals surface area contributed by atoms with Crippen molar-refractivity contribution in [3.63, 3.8) is 0 Å². The maximum absolute atomic E-state index is 13.3. The van der Waals surface area contributed by atoms with Crippen molar-refractivity contribution < 1.29 is 14.3 Å². The molecule has 0 aliphatic heterocycles. The Morgan fingerprint density at radius 2 is 2.07 bits per heavy atom. The minimum absolute atomic E-state index is 0.0126. The first-order valence-corrected chi connectivity index (χ1v) is 4.14. The zero-order valence-corrected chi connectivity index (χ0v) is 7.45. The molecule has 0 aliphatic rings. The highest BCUT2D eigenvalue weighted by Gasteiger charge is 2.13. The fourth-order valence-corrected chi connectivity index (χ4v) is 1.45. The molecule has 0 bridgehead atoms. The monoisotopic (exact) mass is 207 g/mol. The summed E-state index contributed by atoms with van der Waals surface area (Å²) in [7, 11) is 0. The summed E-state index contributed by atoms with van der Waals surface area (Å²) in [6.07, 6.45) is 1.28. The van der Waals surface area contributed by atoms with E-state index in [2.05, 4.69) is 4.98 Å². The molecule has 2 N–H and O–H groups in total. The molecule has 4 nitrogen and oxygen atoms in total. The fourth-order valence-electron chi connectivity index (χ4n) is 1.45. The molecule has 0 radical (unpaired) electrons. The lowest BCUT2D eigenvalue weighted by molar-refractivity contribution is 0.0699. The highest BCUT2D eigenvalue weighted by Crippen LogP contribution is 2.17. The molecule has 15 heavy (non-hydrogen) atoms. The number of aromatic amines is 1. The molecule has 0 saturated carbocycles. The van der Waals surface area contributed by atoms with Gasteiger partial charge in [0.25, 0.3) is 5.56 Å². The van der Waals surface area contributed by atoms with Gasteiger partial charge in [-0.25, -0.2) is 9.18 Å². The average Bonchev–Trinajstić information content (AvgIpc) is 2.19. The number of benzene rings is 1. The molecule has 0 fully saturated rings. The second kappa shape index (κ2) is 3.20. The number of pyridine rings is 1. The van der Waals surface area contributed by atoms with Crippen LogP contribution in [0.4, 0.5) is 4.39 Å². The van der Waals surface area contributed by atoms with Gasteiger partial charge in [0.05, 0.1) is 10.9 Å². The maximum Gasteiger partial charge on any atom is 0.336 e. The lowest BCUT2D eigenvalue weighted by Gasteiger charge is -2.01. The molecule has 2 rings (SSSR count). The number of halogens is 1. The third-order valence-corrected chi connectivity index (χ3v) is 2.11. The predicted octanol–water partition coefficient (Wildman–Crippen LogP) is 1.37. The average molecular weight is 207 g/mol. The summed E-state index contributed by atoms with van der Waals surface area (Å²) >= 11 is 0. The number of hydrogen-bond donors (Lipinski definition) is 2. The molecule has 2 aromatic rings. The molecule has 0 spiro atoms. The molecule has 0 aliphatic carbocycles. The first kappa shape index (κ1) is 9.39. The number of carbonyl (C=O) groups is 1. The number of fused-ring (bicyclic) bond motifs is 1. The van der Waals surface area contributed by atoms with Crippen LogP contribution in [0.15, 0.2) is 29.2 Å². The number of H-pyrrole nitrogens is 1.